The molecule has 140 valence electrons. The van der Waals surface area contributed by atoms with Gasteiger partial charge in [0.2, 0.25) is 11.8 Å². The largest absolute Gasteiger partial charge is 0.394 e. The van der Waals surface area contributed by atoms with Crippen LogP contribution in [0.1, 0.15) is 30.4 Å². The average molecular weight is 364 g/mol. The van der Waals surface area contributed by atoms with E-state index in [2.05, 4.69) is 5.32 Å². The van der Waals surface area contributed by atoms with E-state index in [0.29, 0.717) is 6.42 Å². The fourth-order valence-electron chi connectivity index (χ4n) is 4.15. The van der Waals surface area contributed by atoms with Crippen LogP contribution in [0, 0.1) is 0 Å². The van der Waals surface area contributed by atoms with Gasteiger partial charge in [0.25, 0.3) is 0 Å². The number of carbonyl (C=O) groups is 2. The number of nitrogens with zero attached hydrogens (tertiary/aromatic N) is 1. The van der Waals surface area contributed by atoms with E-state index in [9.17, 15) is 14.7 Å². The maximum absolute atomic E-state index is 13.4. The lowest BCUT2D eigenvalue weighted by Crippen LogP contribution is -2.47. The first kappa shape index (κ1) is 17.7. The zero-order valence-corrected chi connectivity index (χ0v) is 15.4. The average Bonchev–Trinajstić information content (AvgIpc) is 3.43. The van der Waals surface area contributed by atoms with Gasteiger partial charge in [-0.25, -0.2) is 0 Å². The number of anilines is 1. The predicted octanol–water partition coefficient (Wildman–Crippen LogP) is 2.17. The molecule has 4 rings (SSSR count). The van der Waals surface area contributed by atoms with E-state index in [1.807, 2.05) is 54.6 Å². The summed E-state index contributed by atoms with van der Waals surface area (Å²) in [7, 11) is 1.77. The third kappa shape index (κ3) is 3.02. The van der Waals surface area contributed by atoms with E-state index >= 15 is 0 Å². The van der Waals surface area contributed by atoms with Crippen LogP contribution in [-0.2, 0) is 21.4 Å². The Hall–Kier alpha value is -2.66. The molecule has 1 atom stereocenters. The van der Waals surface area contributed by atoms with Crippen LogP contribution < -0.4 is 10.2 Å². The van der Waals surface area contributed by atoms with Gasteiger partial charge in [0, 0.05) is 19.2 Å². The summed E-state index contributed by atoms with van der Waals surface area (Å²) in [5, 5.41) is 12.5. The molecule has 0 saturated heterocycles. The Morgan fingerprint density at radius 1 is 1.11 bits per heavy atom. The van der Waals surface area contributed by atoms with Crippen molar-refractivity contribution in [1.29, 1.82) is 0 Å². The molecular formula is C22H24N2O3. The number of para-hydroxylation sites is 1. The molecule has 1 saturated carbocycles. The number of nitrogens with one attached hydrogen (secondary N) is 1. The summed E-state index contributed by atoms with van der Waals surface area (Å²) >= 11 is 0. The van der Waals surface area contributed by atoms with E-state index < -0.39 is 11.0 Å². The molecule has 5 heteroatoms. The molecule has 1 aliphatic carbocycles. The summed E-state index contributed by atoms with van der Waals surface area (Å²) in [6.45, 7) is -0.0607. The van der Waals surface area contributed by atoms with Crippen molar-refractivity contribution in [1.82, 2.24) is 5.32 Å². The number of likely N-dealkylation sites (N-methyl/N-ethyl adjacent to an activating group) is 1. The first-order valence-electron chi connectivity index (χ1n) is 9.33. The molecule has 2 N–H and O–H groups in total. The Kier molecular flexibility index (Phi) is 4.27. The SMILES string of the molecule is CN1C(=O)[C@](CC(=O)NC2(CO)CC2)(Cc2ccccc2)c2ccccc21. The maximum atomic E-state index is 13.4. The number of hydrogen-bond donors (Lipinski definition) is 2. The highest BCUT2D eigenvalue weighted by Gasteiger charge is 2.52. The summed E-state index contributed by atoms with van der Waals surface area (Å²) in [4.78, 5) is 27.9. The summed E-state index contributed by atoms with van der Waals surface area (Å²) < 4.78 is 0. The second-order valence-electron chi connectivity index (χ2n) is 7.79. The molecule has 0 unspecified atom stereocenters. The van der Waals surface area contributed by atoms with Crippen molar-refractivity contribution >= 4 is 17.5 Å². The van der Waals surface area contributed by atoms with Crippen LogP contribution in [0.15, 0.2) is 54.6 Å². The highest BCUT2D eigenvalue weighted by Crippen LogP contribution is 2.46. The molecule has 2 aromatic carbocycles. The number of benzene rings is 2. The van der Waals surface area contributed by atoms with Gasteiger partial charge in [-0.1, -0.05) is 48.5 Å². The molecular weight excluding hydrogens is 340 g/mol. The van der Waals surface area contributed by atoms with Gasteiger partial charge in [-0.05, 0) is 36.5 Å². The lowest BCUT2D eigenvalue weighted by molar-refractivity contribution is -0.130. The maximum Gasteiger partial charge on any atom is 0.238 e. The zero-order valence-electron chi connectivity index (χ0n) is 15.4. The third-order valence-corrected chi connectivity index (χ3v) is 5.87. The molecule has 27 heavy (non-hydrogen) atoms. The molecule has 5 nitrogen and oxygen atoms in total. The standard InChI is InChI=1S/C22H24N2O3/c1-24-18-10-6-5-9-17(18)22(20(24)27,13-16-7-3-2-4-8-16)14-19(26)23-21(15-25)11-12-21/h2-10,25H,11-15H2,1H3,(H,23,26)/t22-/m0/s1. The van der Waals surface area contributed by atoms with Gasteiger partial charge in [-0.3, -0.25) is 9.59 Å². The van der Waals surface area contributed by atoms with Gasteiger partial charge < -0.3 is 15.3 Å². The molecule has 2 aliphatic rings. The van der Waals surface area contributed by atoms with Crippen LogP contribution in [0.3, 0.4) is 0 Å². The van der Waals surface area contributed by atoms with E-state index in [4.69, 9.17) is 0 Å². The van der Waals surface area contributed by atoms with Crippen molar-refractivity contribution in [3.63, 3.8) is 0 Å². The van der Waals surface area contributed by atoms with Crippen LogP contribution in [-0.4, -0.2) is 36.1 Å². The van der Waals surface area contributed by atoms with Gasteiger partial charge in [-0.2, -0.15) is 0 Å². The van der Waals surface area contributed by atoms with Crippen molar-refractivity contribution in [3.8, 4) is 0 Å². The summed E-state index contributed by atoms with van der Waals surface area (Å²) in [6, 6.07) is 17.5. The molecule has 1 fully saturated rings. The molecule has 0 radical (unpaired) electrons. The molecule has 0 spiro atoms. The summed E-state index contributed by atoms with van der Waals surface area (Å²) in [5.74, 6) is -0.243. The lowest BCUT2D eigenvalue weighted by atomic mass is 9.73. The second kappa shape index (κ2) is 6.50. The van der Waals surface area contributed by atoms with Gasteiger partial charge >= 0.3 is 0 Å². The number of fused-ring (bicyclic) bond motifs is 1. The van der Waals surface area contributed by atoms with E-state index in [1.165, 1.54) is 0 Å². The number of rotatable bonds is 6. The molecule has 0 bridgehead atoms. The van der Waals surface area contributed by atoms with E-state index in [1.54, 1.807) is 11.9 Å². The first-order chi connectivity index (χ1) is 13.0. The fourth-order valence-corrected chi connectivity index (χ4v) is 4.15. The van der Waals surface area contributed by atoms with Crippen molar-refractivity contribution in [2.75, 3.05) is 18.6 Å². The van der Waals surface area contributed by atoms with Crippen molar-refractivity contribution < 1.29 is 14.7 Å². The van der Waals surface area contributed by atoms with E-state index in [0.717, 1.165) is 29.7 Å². The Balaban J connectivity index is 1.72. The Morgan fingerprint density at radius 3 is 2.44 bits per heavy atom. The number of aliphatic hydroxyl groups excluding tert-OH is 1. The smallest absolute Gasteiger partial charge is 0.238 e. The minimum Gasteiger partial charge on any atom is -0.394 e. The first-order valence-corrected chi connectivity index (χ1v) is 9.33. The molecule has 2 aromatic rings. The zero-order chi connectivity index (χ0) is 19.1. The van der Waals surface area contributed by atoms with Crippen LogP contribution in [0.4, 0.5) is 5.69 Å². The Labute approximate surface area is 159 Å². The molecule has 1 aliphatic heterocycles. The minimum atomic E-state index is -0.928. The van der Waals surface area contributed by atoms with Crippen LogP contribution in [0.25, 0.3) is 0 Å². The van der Waals surface area contributed by atoms with Gasteiger partial charge in [0.1, 0.15) is 0 Å². The number of hydrogen-bond acceptors (Lipinski definition) is 3. The predicted molar refractivity (Wildman–Crippen MR) is 103 cm³/mol. The van der Waals surface area contributed by atoms with Gasteiger partial charge in [-0.15, -0.1) is 0 Å². The normalized spacial score (nSPS) is 22.4. The second-order valence-corrected chi connectivity index (χ2v) is 7.79. The summed E-state index contributed by atoms with van der Waals surface area (Å²) in [6.07, 6.45) is 2.11. The highest BCUT2D eigenvalue weighted by atomic mass is 16.3. The van der Waals surface area contributed by atoms with E-state index in [-0.39, 0.29) is 24.8 Å². The molecule has 0 aromatic heterocycles. The van der Waals surface area contributed by atoms with Crippen LogP contribution >= 0.6 is 0 Å². The van der Waals surface area contributed by atoms with Crippen molar-refractivity contribution in [3.05, 3.63) is 65.7 Å². The topological polar surface area (TPSA) is 69.6 Å². The van der Waals surface area contributed by atoms with Crippen molar-refractivity contribution in [2.45, 2.75) is 36.6 Å². The summed E-state index contributed by atoms with van der Waals surface area (Å²) in [5.41, 5.74) is 1.35. The lowest BCUT2D eigenvalue weighted by Gasteiger charge is -2.29. The molecule has 2 amide bonds. The van der Waals surface area contributed by atoms with Crippen LogP contribution in [0.5, 0.6) is 0 Å². The number of aliphatic hydroxyl groups is 1. The molecule has 1 heterocycles. The minimum absolute atomic E-state index is 0.0588. The van der Waals surface area contributed by atoms with Crippen molar-refractivity contribution in [2.24, 2.45) is 0 Å². The number of amides is 2. The monoisotopic (exact) mass is 364 g/mol. The fraction of sp³-hybridized carbons (Fsp3) is 0.364. The van der Waals surface area contributed by atoms with Crippen LogP contribution in [0.2, 0.25) is 0 Å². The number of carbonyl (C=O) groups excluding carboxylic acids is 2. The quantitative estimate of drug-likeness (QED) is 0.825. The highest BCUT2D eigenvalue weighted by molar-refractivity contribution is 6.10. The Morgan fingerprint density at radius 2 is 1.78 bits per heavy atom. The van der Waals surface area contributed by atoms with Gasteiger partial charge in [0.05, 0.1) is 17.6 Å². The third-order valence-electron chi connectivity index (χ3n) is 5.87. The Bertz CT molecular complexity index is 876. The van der Waals surface area contributed by atoms with Gasteiger partial charge in [0.15, 0.2) is 0 Å².